The van der Waals surface area contributed by atoms with E-state index >= 15 is 0 Å². The summed E-state index contributed by atoms with van der Waals surface area (Å²) in [7, 11) is 0. The number of non-ortho nitro benzene ring substituents is 1. The van der Waals surface area contributed by atoms with Crippen molar-refractivity contribution >= 4 is 11.4 Å². The maximum atomic E-state index is 10.7. The number of rotatable bonds is 2. The highest BCUT2D eigenvalue weighted by atomic mass is 16.6. The highest BCUT2D eigenvalue weighted by molar-refractivity contribution is 5.70. The minimum atomic E-state index is -0.402. The highest BCUT2D eigenvalue weighted by Gasteiger charge is 2.07. The van der Waals surface area contributed by atoms with Crippen LogP contribution >= 0.6 is 0 Å². The lowest BCUT2D eigenvalue weighted by molar-refractivity contribution is -0.384. The van der Waals surface area contributed by atoms with Crippen molar-refractivity contribution in [2.75, 3.05) is 5.73 Å². The number of nitrogens with two attached hydrogens (primary N) is 1. The average molecular weight is 228 g/mol. The number of nitro benzene ring substituents is 1. The number of nitrogens with zero attached hydrogens (tertiary/aromatic N) is 1. The fourth-order valence-electron chi connectivity index (χ4n) is 1.62. The van der Waals surface area contributed by atoms with Gasteiger partial charge in [0.15, 0.2) is 0 Å². The van der Waals surface area contributed by atoms with Crippen molar-refractivity contribution in [3.8, 4) is 11.1 Å². The number of nitro groups is 1. The van der Waals surface area contributed by atoms with Crippen molar-refractivity contribution in [1.29, 1.82) is 0 Å². The molecule has 0 amide bonds. The molecule has 17 heavy (non-hydrogen) atoms. The Hall–Kier alpha value is -2.36. The van der Waals surface area contributed by atoms with E-state index in [0.29, 0.717) is 5.69 Å². The Bertz CT molecular complexity index is 579. The summed E-state index contributed by atoms with van der Waals surface area (Å²) in [6, 6.07) is 12.2. The van der Waals surface area contributed by atoms with E-state index in [-0.39, 0.29) is 5.69 Å². The van der Waals surface area contributed by atoms with Gasteiger partial charge in [0.2, 0.25) is 0 Å². The minimum Gasteiger partial charge on any atom is -0.398 e. The van der Waals surface area contributed by atoms with Crippen LogP contribution in [-0.4, -0.2) is 4.92 Å². The fraction of sp³-hybridized carbons (Fsp3) is 0.0769. The molecule has 4 heteroatoms. The number of hydrogen-bond acceptors (Lipinski definition) is 3. The number of benzene rings is 2. The van der Waals surface area contributed by atoms with Crippen LogP contribution in [0.3, 0.4) is 0 Å². The molecular weight excluding hydrogens is 216 g/mol. The van der Waals surface area contributed by atoms with Crippen molar-refractivity contribution in [3.05, 3.63) is 58.1 Å². The molecule has 0 aliphatic carbocycles. The highest BCUT2D eigenvalue weighted by Crippen LogP contribution is 2.26. The first-order chi connectivity index (χ1) is 8.08. The summed E-state index contributed by atoms with van der Waals surface area (Å²) in [5.74, 6) is 0. The molecule has 0 atom stereocenters. The van der Waals surface area contributed by atoms with Gasteiger partial charge >= 0.3 is 0 Å². The zero-order valence-corrected chi connectivity index (χ0v) is 9.38. The second-order valence-corrected chi connectivity index (χ2v) is 3.88. The normalized spacial score (nSPS) is 10.2. The first-order valence-electron chi connectivity index (χ1n) is 5.19. The van der Waals surface area contributed by atoms with E-state index in [2.05, 4.69) is 0 Å². The number of hydrogen-bond donors (Lipinski definition) is 1. The Balaban J connectivity index is 2.49. The van der Waals surface area contributed by atoms with E-state index in [4.69, 9.17) is 5.73 Å². The predicted molar refractivity (Wildman–Crippen MR) is 67.7 cm³/mol. The Morgan fingerprint density at radius 3 is 2.47 bits per heavy atom. The molecule has 2 rings (SSSR count). The van der Waals surface area contributed by atoms with Gasteiger partial charge in [-0.25, -0.2) is 0 Å². The molecule has 2 aromatic carbocycles. The van der Waals surface area contributed by atoms with Gasteiger partial charge in [-0.15, -0.1) is 0 Å². The molecule has 0 bridgehead atoms. The van der Waals surface area contributed by atoms with Crippen LogP contribution in [0.1, 0.15) is 5.56 Å². The van der Waals surface area contributed by atoms with Gasteiger partial charge in [-0.1, -0.05) is 24.3 Å². The van der Waals surface area contributed by atoms with Crippen LogP contribution in [0, 0.1) is 17.0 Å². The third-order valence-electron chi connectivity index (χ3n) is 2.67. The topological polar surface area (TPSA) is 69.2 Å². The molecule has 0 aliphatic heterocycles. The quantitative estimate of drug-likeness (QED) is 0.487. The molecule has 2 N–H and O–H groups in total. The van der Waals surface area contributed by atoms with Crippen molar-refractivity contribution in [2.24, 2.45) is 0 Å². The Kier molecular flexibility index (Phi) is 2.78. The summed E-state index contributed by atoms with van der Waals surface area (Å²) in [5.41, 5.74) is 9.28. The van der Waals surface area contributed by atoms with Crippen LogP contribution < -0.4 is 5.73 Å². The van der Waals surface area contributed by atoms with Crippen molar-refractivity contribution in [3.63, 3.8) is 0 Å². The van der Waals surface area contributed by atoms with E-state index < -0.39 is 4.92 Å². The standard InChI is InChI=1S/C13H12N2O2/c1-9-5-6-11(8-13(9)14)10-3-2-4-12(7-10)15(16)17/h2-8H,14H2,1H3. The van der Waals surface area contributed by atoms with Gasteiger partial charge in [0.25, 0.3) is 5.69 Å². The molecule has 0 aromatic heterocycles. The van der Waals surface area contributed by atoms with Crippen LogP contribution in [0.15, 0.2) is 42.5 Å². The van der Waals surface area contributed by atoms with Gasteiger partial charge in [0.05, 0.1) is 4.92 Å². The second kappa shape index (κ2) is 4.25. The molecule has 4 nitrogen and oxygen atoms in total. The Morgan fingerprint density at radius 2 is 1.82 bits per heavy atom. The van der Waals surface area contributed by atoms with E-state index in [0.717, 1.165) is 16.7 Å². The molecule has 0 radical (unpaired) electrons. The molecule has 0 aliphatic rings. The maximum absolute atomic E-state index is 10.7. The van der Waals surface area contributed by atoms with Crippen LogP contribution in [0.5, 0.6) is 0 Å². The average Bonchev–Trinajstić information content (AvgIpc) is 2.33. The van der Waals surface area contributed by atoms with E-state index in [9.17, 15) is 10.1 Å². The molecule has 0 unspecified atom stereocenters. The lowest BCUT2D eigenvalue weighted by atomic mass is 10.0. The molecule has 0 heterocycles. The summed E-state index contributed by atoms with van der Waals surface area (Å²) in [4.78, 5) is 10.3. The van der Waals surface area contributed by atoms with Gasteiger partial charge in [-0.2, -0.15) is 0 Å². The SMILES string of the molecule is Cc1ccc(-c2cccc([N+](=O)[O-])c2)cc1N. The first-order valence-corrected chi connectivity index (χ1v) is 5.19. The third-order valence-corrected chi connectivity index (χ3v) is 2.67. The Labute approximate surface area is 98.8 Å². The summed E-state index contributed by atoms with van der Waals surface area (Å²) >= 11 is 0. The minimum absolute atomic E-state index is 0.0849. The van der Waals surface area contributed by atoms with E-state index in [1.54, 1.807) is 12.1 Å². The maximum Gasteiger partial charge on any atom is 0.270 e. The van der Waals surface area contributed by atoms with Crippen LogP contribution in [0.2, 0.25) is 0 Å². The third kappa shape index (κ3) is 2.25. The monoisotopic (exact) mass is 228 g/mol. The van der Waals surface area contributed by atoms with E-state index in [1.807, 2.05) is 31.2 Å². The van der Waals surface area contributed by atoms with Crippen LogP contribution in [0.4, 0.5) is 11.4 Å². The first kappa shape index (κ1) is 11.1. The molecule has 86 valence electrons. The summed E-state index contributed by atoms with van der Waals surface area (Å²) in [5, 5.41) is 10.7. The lowest BCUT2D eigenvalue weighted by Crippen LogP contribution is -1.91. The Morgan fingerprint density at radius 1 is 1.12 bits per heavy atom. The number of aryl methyl sites for hydroxylation is 1. The lowest BCUT2D eigenvalue weighted by Gasteiger charge is -2.05. The molecule has 0 saturated heterocycles. The van der Waals surface area contributed by atoms with Crippen molar-refractivity contribution < 1.29 is 4.92 Å². The largest absolute Gasteiger partial charge is 0.398 e. The second-order valence-electron chi connectivity index (χ2n) is 3.88. The molecule has 0 saturated carbocycles. The number of anilines is 1. The van der Waals surface area contributed by atoms with Crippen LogP contribution in [-0.2, 0) is 0 Å². The van der Waals surface area contributed by atoms with Gasteiger partial charge in [0, 0.05) is 17.8 Å². The number of nitrogen functional groups attached to an aromatic ring is 1. The molecule has 0 spiro atoms. The van der Waals surface area contributed by atoms with Crippen molar-refractivity contribution in [2.45, 2.75) is 6.92 Å². The molecular formula is C13H12N2O2. The van der Waals surface area contributed by atoms with Gasteiger partial charge in [0.1, 0.15) is 0 Å². The predicted octanol–water partition coefficient (Wildman–Crippen LogP) is 3.15. The summed E-state index contributed by atoms with van der Waals surface area (Å²) in [6.07, 6.45) is 0. The molecule has 2 aromatic rings. The summed E-state index contributed by atoms with van der Waals surface area (Å²) < 4.78 is 0. The zero-order chi connectivity index (χ0) is 12.4. The van der Waals surface area contributed by atoms with Gasteiger partial charge < -0.3 is 5.73 Å². The zero-order valence-electron chi connectivity index (χ0n) is 9.38. The van der Waals surface area contributed by atoms with Crippen LogP contribution in [0.25, 0.3) is 11.1 Å². The van der Waals surface area contributed by atoms with Gasteiger partial charge in [-0.05, 0) is 29.7 Å². The smallest absolute Gasteiger partial charge is 0.270 e. The fourth-order valence-corrected chi connectivity index (χ4v) is 1.62. The van der Waals surface area contributed by atoms with Crippen molar-refractivity contribution in [1.82, 2.24) is 0 Å². The van der Waals surface area contributed by atoms with Gasteiger partial charge in [-0.3, -0.25) is 10.1 Å². The van der Waals surface area contributed by atoms with E-state index in [1.165, 1.54) is 6.07 Å². The summed E-state index contributed by atoms with van der Waals surface area (Å²) in [6.45, 7) is 1.92. The molecule has 0 fully saturated rings.